The van der Waals surface area contributed by atoms with Crippen molar-refractivity contribution >= 4 is 39.2 Å². The highest BCUT2D eigenvalue weighted by Gasteiger charge is 2.24. The number of hydrogen-bond donors (Lipinski definition) is 3. The highest BCUT2D eigenvalue weighted by molar-refractivity contribution is 7.89. The first-order valence-corrected chi connectivity index (χ1v) is 9.18. The van der Waals surface area contributed by atoms with Crippen molar-refractivity contribution < 1.29 is 31.9 Å². The Morgan fingerprint density at radius 3 is 2.33 bits per heavy atom. The Balaban J connectivity index is 2.32. The monoisotopic (exact) mass is 418 g/mol. The zero-order valence-corrected chi connectivity index (χ0v) is 15.2. The van der Waals surface area contributed by atoms with Crippen LogP contribution in [-0.2, 0) is 14.8 Å². The molecule has 1 atom stereocenters. The van der Waals surface area contributed by atoms with Crippen LogP contribution in [0.15, 0.2) is 41.3 Å². The molecule has 0 fully saturated rings. The fourth-order valence-corrected chi connectivity index (χ4v) is 3.37. The van der Waals surface area contributed by atoms with Gasteiger partial charge in [0.15, 0.2) is 0 Å². The summed E-state index contributed by atoms with van der Waals surface area (Å²) in [7, 11) is -4.31. The van der Waals surface area contributed by atoms with Crippen LogP contribution in [0, 0.1) is 11.6 Å². The first-order valence-electron chi connectivity index (χ1n) is 7.32. The lowest BCUT2D eigenvalue weighted by Crippen LogP contribution is -2.38. The molecule has 0 unspecified atom stereocenters. The van der Waals surface area contributed by atoms with E-state index < -0.39 is 50.0 Å². The van der Waals surface area contributed by atoms with E-state index in [2.05, 4.69) is 5.32 Å². The maximum absolute atomic E-state index is 14.0. The lowest BCUT2D eigenvalue weighted by Gasteiger charge is -2.12. The summed E-state index contributed by atoms with van der Waals surface area (Å²) in [5.74, 6) is -4.14. The third-order valence-electron chi connectivity index (χ3n) is 3.37. The minimum Gasteiger partial charge on any atom is -0.480 e. The molecular formula is C16H13ClF2N2O5S. The molecule has 11 heteroatoms. The zero-order valence-electron chi connectivity index (χ0n) is 13.7. The number of carboxylic acids is 1. The van der Waals surface area contributed by atoms with Gasteiger partial charge in [0, 0.05) is 5.69 Å². The minimum absolute atomic E-state index is 0.0664. The molecule has 0 radical (unpaired) electrons. The Hall–Kier alpha value is -2.56. The van der Waals surface area contributed by atoms with Gasteiger partial charge in [0.2, 0.25) is 10.0 Å². The predicted octanol–water partition coefficient (Wildman–Crippen LogP) is 2.62. The quantitative estimate of drug-likeness (QED) is 0.667. The van der Waals surface area contributed by atoms with Gasteiger partial charge in [-0.15, -0.1) is 0 Å². The Labute approximate surface area is 158 Å². The Morgan fingerprint density at radius 2 is 1.74 bits per heavy atom. The summed E-state index contributed by atoms with van der Waals surface area (Å²) in [5, 5.41) is 10.8. The third-order valence-corrected chi connectivity index (χ3v) is 5.20. The number of amides is 1. The van der Waals surface area contributed by atoms with E-state index in [0.717, 1.165) is 37.3 Å². The number of rotatable bonds is 6. The van der Waals surface area contributed by atoms with E-state index in [0.29, 0.717) is 0 Å². The zero-order chi connectivity index (χ0) is 20.4. The topological polar surface area (TPSA) is 113 Å². The van der Waals surface area contributed by atoms with Gasteiger partial charge < -0.3 is 10.4 Å². The number of nitrogens with one attached hydrogen (secondary N) is 2. The third kappa shape index (κ3) is 5.00. The predicted molar refractivity (Wildman–Crippen MR) is 93.2 cm³/mol. The number of carbonyl (C=O) groups is 2. The SMILES string of the molecule is C[C@@H](NS(=O)(=O)c1ccc(F)c(C(=O)Nc2ccc(F)c(Cl)c2)c1)C(=O)O. The highest BCUT2D eigenvalue weighted by atomic mass is 35.5. The van der Waals surface area contributed by atoms with Crippen LogP contribution in [0.5, 0.6) is 0 Å². The molecule has 144 valence electrons. The van der Waals surface area contributed by atoms with Gasteiger partial charge in [-0.05, 0) is 43.3 Å². The fraction of sp³-hybridized carbons (Fsp3) is 0.125. The molecule has 0 aromatic heterocycles. The van der Waals surface area contributed by atoms with Crippen molar-refractivity contribution in [3.63, 3.8) is 0 Å². The van der Waals surface area contributed by atoms with Gasteiger partial charge in [-0.3, -0.25) is 9.59 Å². The van der Waals surface area contributed by atoms with E-state index in [1.54, 1.807) is 0 Å². The van der Waals surface area contributed by atoms with Crippen molar-refractivity contribution in [1.82, 2.24) is 4.72 Å². The standard InChI is InChI=1S/C16H13ClF2N2O5S/c1-8(16(23)24)21-27(25,26)10-3-5-13(18)11(7-10)15(22)20-9-2-4-14(19)12(17)6-9/h2-8,21H,1H3,(H,20,22)(H,23,24)/t8-/m1/s1. The van der Waals surface area contributed by atoms with Crippen LogP contribution < -0.4 is 10.0 Å². The molecule has 2 aromatic carbocycles. The van der Waals surface area contributed by atoms with Crippen molar-refractivity contribution in [3.8, 4) is 0 Å². The number of anilines is 1. The number of aliphatic carboxylic acids is 1. The molecule has 0 spiro atoms. The van der Waals surface area contributed by atoms with E-state index in [-0.39, 0.29) is 10.7 Å². The highest BCUT2D eigenvalue weighted by Crippen LogP contribution is 2.21. The van der Waals surface area contributed by atoms with Crippen LogP contribution in [0.2, 0.25) is 5.02 Å². The normalized spacial score (nSPS) is 12.4. The van der Waals surface area contributed by atoms with E-state index in [1.807, 2.05) is 4.72 Å². The second kappa shape index (κ2) is 7.99. The molecule has 3 N–H and O–H groups in total. The number of carboxylic acid groups (broad SMARTS) is 1. The molecule has 0 saturated heterocycles. The molecule has 0 aliphatic carbocycles. The van der Waals surface area contributed by atoms with Crippen molar-refractivity contribution in [3.05, 3.63) is 58.6 Å². The Bertz CT molecular complexity index is 1010. The lowest BCUT2D eigenvalue weighted by molar-refractivity contribution is -0.138. The van der Waals surface area contributed by atoms with Gasteiger partial charge in [0.05, 0.1) is 15.5 Å². The summed E-state index contributed by atoms with van der Waals surface area (Å²) < 4.78 is 53.4. The molecule has 2 rings (SSSR count). The summed E-state index contributed by atoms with van der Waals surface area (Å²) in [6, 6.07) is 4.25. The lowest BCUT2D eigenvalue weighted by atomic mass is 10.2. The van der Waals surface area contributed by atoms with Gasteiger partial charge in [0.1, 0.15) is 17.7 Å². The van der Waals surface area contributed by atoms with E-state index in [4.69, 9.17) is 16.7 Å². The molecule has 0 aliphatic rings. The van der Waals surface area contributed by atoms with Crippen molar-refractivity contribution in [2.24, 2.45) is 0 Å². The van der Waals surface area contributed by atoms with Crippen LogP contribution >= 0.6 is 11.6 Å². The van der Waals surface area contributed by atoms with E-state index in [1.165, 1.54) is 6.07 Å². The first-order chi connectivity index (χ1) is 12.5. The molecule has 0 bridgehead atoms. The van der Waals surface area contributed by atoms with Gasteiger partial charge in [-0.25, -0.2) is 17.2 Å². The van der Waals surface area contributed by atoms with Gasteiger partial charge in [0.25, 0.3) is 5.91 Å². The minimum atomic E-state index is -4.31. The summed E-state index contributed by atoms with van der Waals surface area (Å²) in [6.07, 6.45) is 0. The van der Waals surface area contributed by atoms with E-state index >= 15 is 0 Å². The second-order valence-electron chi connectivity index (χ2n) is 5.41. The largest absolute Gasteiger partial charge is 0.480 e. The summed E-state index contributed by atoms with van der Waals surface area (Å²) in [6.45, 7) is 1.11. The molecule has 0 saturated carbocycles. The Morgan fingerprint density at radius 1 is 1.11 bits per heavy atom. The molecular weight excluding hydrogens is 406 g/mol. The fourth-order valence-electron chi connectivity index (χ4n) is 1.97. The molecule has 1 amide bonds. The smallest absolute Gasteiger partial charge is 0.321 e. The number of hydrogen-bond acceptors (Lipinski definition) is 4. The average Bonchev–Trinajstić information content (AvgIpc) is 2.57. The molecule has 27 heavy (non-hydrogen) atoms. The first kappa shape index (κ1) is 20.7. The van der Waals surface area contributed by atoms with Crippen LogP contribution in [0.4, 0.5) is 14.5 Å². The van der Waals surface area contributed by atoms with Gasteiger partial charge in [-0.1, -0.05) is 11.6 Å². The second-order valence-corrected chi connectivity index (χ2v) is 7.53. The molecule has 0 heterocycles. The average molecular weight is 419 g/mol. The summed E-state index contributed by atoms with van der Waals surface area (Å²) in [4.78, 5) is 22.5. The summed E-state index contributed by atoms with van der Waals surface area (Å²) in [5.41, 5.74) is -0.544. The van der Waals surface area contributed by atoms with Crippen LogP contribution in [0.1, 0.15) is 17.3 Å². The van der Waals surface area contributed by atoms with Crippen molar-refractivity contribution in [2.75, 3.05) is 5.32 Å². The maximum atomic E-state index is 14.0. The molecule has 2 aromatic rings. The van der Waals surface area contributed by atoms with E-state index in [9.17, 15) is 26.8 Å². The summed E-state index contributed by atoms with van der Waals surface area (Å²) >= 11 is 5.60. The number of sulfonamides is 1. The van der Waals surface area contributed by atoms with Crippen molar-refractivity contribution in [1.29, 1.82) is 0 Å². The van der Waals surface area contributed by atoms with Crippen molar-refractivity contribution in [2.45, 2.75) is 17.9 Å². The number of benzene rings is 2. The maximum Gasteiger partial charge on any atom is 0.321 e. The molecule has 7 nitrogen and oxygen atoms in total. The number of halogens is 3. The number of carbonyl (C=O) groups excluding carboxylic acids is 1. The van der Waals surface area contributed by atoms with Crippen LogP contribution in [0.3, 0.4) is 0 Å². The van der Waals surface area contributed by atoms with Gasteiger partial charge in [-0.2, -0.15) is 4.72 Å². The van der Waals surface area contributed by atoms with Gasteiger partial charge >= 0.3 is 5.97 Å². The van der Waals surface area contributed by atoms with Crippen LogP contribution in [0.25, 0.3) is 0 Å². The Kier molecular flexibility index (Phi) is 6.14. The van der Waals surface area contributed by atoms with Crippen LogP contribution in [-0.4, -0.2) is 31.4 Å². The molecule has 0 aliphatic heterocycles.